The Morgan fingerprint density at radius 2 is 1.57 bits per heavy atom. The van der Waals surface area contributed by atoms with Gasteiger partial charge in [-0.25, -0.2) is 0 Å². The summed E-state index contributed by atoms with van der Waals surface area (Å²) in [5, 5.41) is 0. The summed E-state index contributed by atoms with van der Waals surface area (Å²) in [6.07, 6.45) is 0. The molecule has 0 saturated carbocycles. The van der Waals surface area contributed by atoms with Crippen LogP contribution in [0.5, 0.6) is 0 Å². The van der Waals surface area contributed by atoms with Gasteiger partial charge in [0.15, 0.2) is 0 Å². The van der Waals surface area contributed by atoms with Gasteiger partial charge >= 0.3 is 0 Å². The van der Waals surface area contributed by atoms with Gasteiger partial charge in [0.05, 0.1) is 12.6 Å². The van der Waals surface area contributed by atoms with E-state index in [1.165, 1.54) is 11.1 Å². The van der Waals surface area contributed by atoms with E-state index in [-0.39, 0.29) is 5.41 Å². The molecule has 3 rings (SSSR count). The fraction of sp³-hybridized carbons (Fsp3) is 0.429. The van der Waals surface area contributed by atoms with Crippen LogP contribution in [0.4, 0.5) is 0 Å². The number of nitrogens with zero attached hydrogens (tertiary/aromatic N) is 1. The number of hydrogen-bond acceptors (Lipinski definition) is 2. The highest BCUT2D eigenvalue weighted by Crippen LogP contribution is 2.41. The average Bonchev–Trinajstić information content (AvgIpc) is 2.85. The summed E-state index contributed by atoms with van der Waals surface area (Å²) in [6.45, 7) is 7.70. The van der Waals surface area contributed by atoms with Gasteiger partial charge in [-0.2, -0.15) is 0 Å². The zero-order chi connectivity index (χ0) is 16.3. The van der Waals surface area contributed by atoms with Gasteiger partial charge in [0.1, 0.15) is 0 Å². The van der Waals surface area contributed by atoms with Crippen molar-refractivity contribution in [2.45, 2.75) is 19.9 Å². The highest BCUT2D eigenvalue weighted by Gasteiger charge is 2.43. The van der Waals surface area contributed by atoms with Crippen LogP contribution in [0.2, 0.25) is 0 Å². The molecular weight excluding hydrogens is 282 g/mol. The minimum Gasteiger partial charge on any atom is -0.384 e. The Labute approximate surface area is 140 Å². The zero-order valence-electron chi connectivity index (χ0n) is 14.4. The van der Waals surface area contributed by atoms with Crippen LogP contribution < -0.4 is 0 Å². The van der Waals surface area contributed by atoms with Crippen molar-refractivity contribution in [2.75, 3.05) is 26.8 Å². The van der Waals surface area contributed by atoms with Crippen LogP contribution in [0.25, 0.3) is 0 Å². The maximum Gasteiger partial charge on any atom is 0.0602 e. The Hall–Kier alpha value is -1.64. The van der Waals surface area contributed by atoms with E-state index in [1.54, 1.807) is 0 Å². The first kappa shape index (κ1) is 16.2. The van der Waals surface area contributed by atoms with Crippen LogP contribution in [-0.4, -0.2) is 31.7 Å². The van der Waals surface area contributed by atoms with Crippen LogP contribution in [0.15, 0.2) is 60.7 Å². The van der Waals surface area contributed by atoms with Gasteiger partial charge in [0, 0.05) is 25.6 Å². The zero-order valence-corrected chi connectivity index (χ0v) is 14.4. The molecule has 1 aliphatic heterocycles. The molecule has 1 heterocycles. The fourth-order valence-corrected chi connectivity index (χ4v) is 3.86. The second-order valence-electron chi connectivity index (χ2n) is 7.14. The summed E-state index contributed by atoms with van der Waals surface area (Å²) in [4.78, 5) is 2.62. The van der Waals surface area contributed by atoms with Crippen LogP contribution in [0, 0.1) is 11.3 Å². The largest absolute Gasteiger partial charge is 0.384 e. The molecule has 0 radical (unpaired) electrons. The van der Waals surface area contributed by atoms with E-state index in [9.17, 15) is 0 Å². The Morgan fingerprint density at radius 1 is 1.04 bits per heavy atom. The molecule has 1 aliphatic rings. The molecule has 2 aromatic rings. The molecule has 2 atom stereocenters. The van der Waals surface area contributed by atoms with E-state index in [2.05, 4.69) is 79.4 Å². The van der Waals surface area contributed by atoms with Crippen LogP contribution in [-0.2, 0) is 4.74 Å². The number of ether oxygens (including phenoxy) is 1. The van der Waals surface area contributed by atoms with Gasteiger partial charge in [-0.15, -0.1) is 0 Å². The normalized spacial score (nSPS) is 25.1. The summed E-state index contributed by atoms with van der Waals surface area (Å²) < 4.78 is 5.51. The molecule has 2 heteroatoms. The minimum atomic E-state index is 0.219. The first-order chi connectivity index (χ1) is 11.1. The van der Waals surface area contributed by atoms with Crippen molar-refractivity contribution in [3.05, 3.63) is 71.8 Å². The average molecular weight is 309 g/mol. The van der Waals surface area contributed by atoms with E-state index >= 15 is 0 Å². The Bertz CT molecular complexity index is 573. The predicted molar refractivity (Wildman–Crippen MR) is 95.4 cm³/mol. The summed E-state index contributed by atoms with van der Waals surface area (Å²) in [5.74, 6) is 0.623. The Kier molecular flexibility index (Phi) is 4.84. The molecule has 0 amide bonds. The van der Waals surface area contributed by atoms with Gasteiger partial charge in [-0.05, 0) is 17.0 Å². The van der Waals surface area contributed by atoms with Crippen molar-refractivity contribution in [1.82, 2.24) is 4.90 Å². The molecule has 2 nitrogen and oxygen atoms in total. The van der Waals surface area contributed by atoms with Gasteiger partial charge in [0.2, 0.25) is 0 Å². The van der Waals surface area contributed by atoms with E-state index in [0.717, 1.165) is 19.7 Å². The highest BCUT2D eigenvalue weighted by atomic mass is 16.5. The topological polar surface area (TPSA) is 12.5 Å². The molecule has 0 N–H and O–H groups in total. The lowest BCUT2D eigenvalue weighted by Gasteiger charge is -2.31. The Balaban J connectivity index is 1.94. The second kappa shape index (κ2) is 6.86. The van der Waals surface area contributed by atoms with Gasteiger partial charge in [-0.1, -0.05) is 74.5 Å². The summed E-state index contributed by atoms with van der Waals surface area (Å²) >= 11 is 0. The number of methoxy groups -OCH3 is 1. The third kappa shape index (κ3) is 3.34. The van der Waals surface area contributed by atoms with Crippen molar-refractivity contribution in [3.8, 4) is 0 Å². The van der Waals surface area contributed by atoms with Crippen molar-refractivity contribution in [1.29, 1.82) is 0 Å². The molecular formula is C21H27NO. The summed E-state index contributed by atoms with van der Waals surface area (Å²) in [7, 11) is 1.81. The predicted octanol–water partition coefficient (Wildman–Crippen LogP) is 4.38. The van der Waals surface area contributed by atoms with Gasteiger partial charge in [0.25, 0.3) is 0 Å². The first-order valence-electron chi connectivity index (χ1n) is 8.47. The van der Waals surface area contributed by atoms with Crippen LogP contribution in [0.1, 0.15) is 31.0 Å². The monoisotopic (exact) mass is 309 g/mol. The highest BCUT2D eigenvalue weighted by molar-refractivity contribution is 5.32. The lowest BCUT2D eigenvalue weighted by Crippen LogP contribution is -2.32. The second-order valence-corrected chi connectivity index (χ2v) is 7.14. The van der Waals surface area contributed by atoms with Crippen molar-refractivity contribution in [2.24, 2.45) is 11.3 Å². The molecule has 0 aliphatic carbocycles. The third-order valence-electron chi connectivity index (χ3n) is 5.33. The number of likely N-dealkylation sites (tertiary alicyclic amines) is 1. The molecule has 2 aromatic carbocycles. The molecule has 0 unspecified atom stereocenters. The maximum atomic E-state index is 5.51. The standard InChI is InChI=1S/C21H27NO/c1-17-14-22(15-21(17,2)16-23-3)20(18-10-6-4-7-11-18)19-12-8-5-9-13-19/h4-13,17,20H,14-16H2,1-3H3/t17-,21+/m0/s1. The van der Waals surface area contributed by atoms with Crippen molar-refractivity contribution in [3.63, 3.8) is 0 Å². The van der Waals surface area contributed by atoms with E-state index in [4.69, 9.17) is 4.74 Å². The molecule has 122 valence electrons. The smallest absolute Gasteiger partial charge is 0.0602 e. The minimum absolute atomic E-state index is 0.219. The quantitative estimate of drug-likeness (QED) is 0.812. The van der Waals surface area contributed by atoms with Gasteiger partial charge in [-0.3, -0.25) is 4.90 Å². The summed E-state index contributed by atoms with van der Waals surface area (Å²) in [5.41, 5.74) is 2.96. The summed E-state index contributed by atoms with van der Waals surface area (Å²) in [6, 6.07) is 22.0. The molecule has 0 aromatic heterocycles. The number of rotatable bonds is 5. The number of hydrogen-bond donors (Lipinski definition) is 0. The lowest BCUT2D eigenvalue weighted by molar-refractivity contribution is 0.0730. The van der Waals surface area contributed by atoms with Crippen LogP contribution in [0.3, 0.4) is 0 Å². The van der Waals surface area contributed by atoms with E-state index < -0.39 is 0 Å². The molecule has 1 saturated heterocycles. The van der Waals surface area contributed by atoms with E-state index in [1.807, 2.05) is 7.11 Å². The van der Waals surface area contributed by atoms with Crippen molar-refractivity contribution < 1.29 is 4.74 Å². The number of benzene rings is 2. The molecule has 1 fully saturated rings. The molecule has 0 spiro atoms. The Morgan fingerprint density at radius 3 is 2.04 bits per heavy atom. The van der Waals surface area contributed by atoms with Crippen LogP contribution >= 0.6 is 0 Å². The van der Waals surface area contributed by atoms with E-state index in [0.29, 0.717) is 12.0 Å². The lowest BCUT2D eigenvalue weighted by atomic mass is 9.82. The third-order valence-corrected chi connectivity index (χ3v) is 5.33. The fourth-order valence-electron chi connectivity index (χ4n) is 3.86. The van der Waals surface area contributed by atoms with Gasteiger partial charge < -0.3 is 4.74 Å². The first-order valence-corrected chi connectivity index (χ1v) is 8.47. The molecule has 23 heavy (non-hydrogen) atoms. The molecule has 0 bridgehead atoms. The maximum absolute atomic E-state index is 5.51. The van der Waals surface area contributed by atoms with Crippen molar-refractivity contribution >= 4 is 0 Å². The SMILES string of the molecule is COC[C@@]1(C)CN(C(c2ccccc2)c2ccccc2)C[C@@H]1C.